The van der Waals surface area contributed by atoms with Crippen molar-refractivity contribution in [3.05, 3.63) is 101 Å². The van der Waals surface area contributed by atoms with Crippen molar-refractivity contribution >= 4 is 17.5 Å². The molecule has 0 saturated carbocycles. The molecule has 0 fully saturated rings. The summed E-state index contributed by atoms with van der Waals surface area (Å²) in [5.74, 6) is 0.0552. The lowest BCUT2D eigenvalue weighted by Crippen LogP contribution is -2.29. The van der Waals surface area contributed by atoms with E-state index < -0.39 is 0 Å². The van der Waals surface area contributed by atoms with Crippen LogP contribution in [0.5, 0.6) is 0 Å². The number of amides is 2. The number of rotatable bonds is 8. The molecule has 0 spiro atoms. The van der Waals surface area contributed by atoms with E-state index in [1.54, 1.807) is 4.90 Å². The van der Waals surface area contributed by atoms with Gasteiger partial charge in [0.15, 0.2) is 0 Å². The molecular weight excluding hydrogens is 384 g/mol. The number of aryl methyl sites for hydroxylation is 2. The van der Waals surface area contributed by atoms with Gasteiger partial charge in [-0.25, -0.2) is 0 Å². The van der Waals surface area contributed by atoms with Crippen LogP contribution in [0.2, 0.25) is 0 Å². The summed E-state index contributed by atoms with van der Waals surface area (Å²) >= 11 is 0. The number of hydrogen-bond acceptors (Lipinski definition) is 2. The fraction of sp³-hybridized carbons (Fsp3) is 0.259. The number of anilines is 1. The zero-order chi connectivity index (χ0) is 22.2. The maximum Gasteiger partial charge on any atom is 0.227 e. The van der Waals surface area contributed by atoms with E-state index in [9.17, 15) is 9.59 Å². The van der Waals surface area contributed by atoms with Crippen LogP contribution in [-0.4, -0.2) is 11.8 Å². The Hall–Kier alpha value is -3.40. The highest BCUT2D eigenvalue weighted by molar-refractivity contribution is 5.93. The van der Waals surface area contributed by atoms with Crippen molar-refractivity contribution in [2.75, 3.05) is 4.90 Å². The van der Waals surface area contributed by atoms with Crippen molar-refractivity contribution in [3.63, 3.8) is 0 Å². The number of carbonyl (C=O) groups is 2. The summed E-state index contributed by atoms with van der Waals surface area (Å²) in [7, 11) is 0. The lowest BCUT2D eigenvalue weighted by atomic mass is 10.1. The largest absolute Gasteiger partial charge is 0.352 e. The molecule has 0 atom stereocenters. The van der Waals surface area contributed by atoms with Crippen molar-refractivity contribution in [2.24, 2.45) is 0 Å². The Bertz CT molecular complexity index is 1020. The van der Waals surface area contributed by atoms with Crippen molar-refractivity contribution in [1.29, 1.82) is 0 Å². The Morgan fingerprint density at radius 1 is 0.806 bits per heavy atom. The predicted molar refractivity (Wildman–Crippen MR) is 126 cm³/mol. The SMILES string of the molecule is CCC(=O)N(Cc1ccc(C)cc1)c1ccc(CC(=O)NCc2cccc(C)c2)cc1. The Morgan fingerprint density at radius 2 is 1.48 bits per heavy atom. The molecule has 0 aliphatic rings. The van der Waals surface area contributed by atoms with Gasteiger partial charge in [-0.1, -0.05) is 78.7 Å². The van der Waals surface area contributed by atoms with Crippen molar-refractivity contribution in [1.82, 2.24) is 5.32 Å². The summed E-state index contributed by atoms with van der Waals surface area (Å²) in [4.78, 5) is 26.7. The standard InChI is InChI=1S/C27H30N2O2/c1-4-27(31)29(19-23-10-8-20(2)9-11-23)25-14-12-22(13-15-25)17-26(30)28-18-24-7-5-6-21(3)16-24/h5-16H,4,17-19H2,1-3H3,(H,28,30). The smallest absolute Gasteiger partial charge is 0.227 e. The molecule has 0 aliphatic heterocycles. The van der Waals surface area contributed by atoms with Gasteiger partial charge in [-0.3, -0.25) is 9.59 Å². The average Bonchev–Trinajstić information content (AvgIpc) is 2.77. The second kappa shape index (κ2) is 10.6. The maximum atomic E-state index is 12.6. The quantitative estimate of drug-likeness (QED) is 0.557. The fourth-order valence-corrected chi connectivity index (χ4v) is 3.45. The monoisotopic (exact) mass is 414 g/mol. The van der Waals surface area contributed by atoms with Gasteiger partial charge in [-0.2, -0.15) is 0 Å². The highest BCUT2D eigenvalue weighted by atomic mass is 16.2. The number of benzene rings is 3. The average molecular weight is 415 g/mol. The molecule has 0 bridgehead atoms. The molecule has 3 rings (SSSR count). The summed E-state index contributed by atoms with van der Waals surface area (Å²) < 4.78 is 0. The van der Waals surface area contributed by atoms with E-state index in [1.807, 2.05) is 56.3 Å². The number of nitrogens with one attached hydrogen (secondary N) is 1. The lowest BCUT2D eigenvalue weighted by molar-refractivity contribution is -0.120. The van der Waals surface area contributed by atoms with Crippen LogP contribution in [-0.2, 0) is 29.1 Å². The van der Waals surface area contributed by atoms with E-state index in [1.165, 1.54) is 11.1 Å². The molecule has 31 heavy (non-hydrogen) atoms. The van der Waals surface area contributed by atoms with Crippen molar-refractivity contribution < 1.29 is 9.59 Å². The molecule has 3 aromatic rings. The van der Waals surface area contributed by atoms with Gasteiger partial charge in [0, 0.05) is 18.7 Å². The third-order valence-electron chi connectivity index (χ3n) is 5.25. The van der Waals surface area contributed by atoms with Crippen molar-refractivity contribution in [2.45, 2.75) is 46.7 Å². The van der Waals surface area contributed by atoms with Crippen LogP contribution in [0.1, 0.15) is 41.2 Å². The first-order valence-electron chi connectivity index (χ1n) is 10.7. The summed E-state index contributed by atoms with van der Waals surface area (Å²) in [5, 5.41) is 2.97. The Balaban J connectivity index is 1.62. The minimum atomic E-state index is -0.0181. The molecule has 4 heteroatoms. The molecule has 2 amide bonds. The van der Waals surface area contributed by atoms with E-state index in [-0.39, 0.29) is 11.8 Å². The molecule has 160 valence electrons. The zero-order valence-electron chi connectivity index (χ0n) is 18.5. The third kappa shape index (κ3) is 6.54. The van der Waals surface area contributed by atoms with Crippen LogP contribution in [0.25, 0.3) is 0 Å². The van der Waals surface area contributed by atoms with Gasteiger partial charge in [-0.05, 0) is 42.7 Å². The van der Waals surface area contributed by atoms with Crippen LogP contribution >= 0.6 is 0 Å². The van der Waals surface area contributed by atoms with Crippen LogP contribution in [0.15, 0.2) is 72.8 Å². The number of nitrogens with zero attached hydrogens (tertiary/aromatic N) is 1. The van der Waals surface area contributed by atoms with Gasteiger partial charge in [0.05, 0.1) is 13.0 Å². The van der Waals surface area contributed by atoms with Gasteiger partial charge in [-0.15, -0.1) is 0 Å². The molecule has 3 aromatic carbocycles. The molecule has 1 N–H and O–H groups in total. The normalized spacial score (nSPS) is 10.5. The molecular formula is C27H30N2O2. The van der Waals surface area contributed by atoms with Crippen LogP contribution in [0.3, 0.4) is 0 Å². The lowest BCUT2D eigenvalue weighted by Gasteiger charge is -2.23. The molecule has 0 radical (unpaired) electrons. The Morgan fingerprint density at radius 3 is 2.13 bits per heavy atom. The van der Waals surface area contributed by atoms with E-state index in [0.29, 0.717) is 25.9 Å². The van der Waals surface area contributed by atoms with Gasteiger partial charge in [0.1, 0.15) is 0 Å². The summed E-state index contributed by atoms with van der Waals surface area (Å²) in [6.45, 7) is 7.02. The van der Waals surface area contributed by atoms with Crippen LogP contribution < -0.4 is 10.2 Å². The Labute approximate surface area is 184 Å². The second-order valence-corrected chi connectivity index (χ2v) is 7.93. The van der Waals surface area contributed by atoms with E-state index in [2.05, 4.69) is 42.6 Å². The second-order valence-electron chi connectivity index (χ2n) is 7.93. The van der Waals surface area contributed by atoms with Gasteiger partial charge < -0.3 is 10.2 Å². The minimum absolute atomic E-state index is 0.0181. The van der Waals surface area contributed by atoms with Crippen molar-refractivity contribution in [3.8, 4) is 0 Å². The third-order valence-corrected chi connectivity index (χ3v) is 5.25. The topological polar surface area (TPSA) is 49.4 Å². The molecule has 0 saturated heterocycles. The summed E-state index contributed by atoms with van der Waals surface area (Å²) in [6.07, 6.45) is 0.751. The van der Waals surface area contributed by atoms with Crippen LogP contribution in [0, 0.1) is 13.8 Å². The molecule has 4 nitrogen and oxygen atoms in total. The van der Waals surface area contributed by atoms with Gasteiger partial charge in [0.2, 0.25) is 11.8 Å². The van der Waals surface area contributed by atoms with E-state index in [4.69, 9.17) is 0 Å². The number of carbonyl (C=O) groups excluding carboxylic acids is 2. The summed E-state index contributed by atoms with van der Waals surface area (Å²) in [5.41, 5.74) is 6.32. The first-order chi connectivity index (χ1) is 14.9. The van der Waals surface area contributed by atoms with Gasteiger partial charge >= 0.3 is 0 Å². The molecule has 0 unspecified atom stereocenters. The molecule has 0 aromatic heterocycles. The zero-order valence-corrected chi connectivity index (χ0v) is 18.5. The highest BCUT2D eigenvalue weighted by Crippen LogP contribution is 2.20. The fourth-order valence-electron chi connectivity index (χ4n) is 3.45. The predicted octanol–water partition coefficient (Wildman–Crippen LogP) is 5.11. The Kier molecular flexibility index (Phi) is 7.60. The minimum Gasteiger partial charge on any atom is -0.352 e. The van der Waals surface area contributed by atoms with E-state index >= 15 is 0 Å². The maximum absolute atomic E-state index is 12.6. The first-order valence-corrected chi connectivity index (χ1v) is 10.7. The highest BCUT2D eigenvalue weighted by Gasteiger charge is 2.15. The van der Waals surface area contributed by atoms with Crippen LogP contribution in [0.4, 0.5) is 5.69 Å². The first kappa shape index (κ1) is 22.3. The number of hydrogen-bond donors (Lipinski definition) is 1. The molecule has 0 aliphatic carbocycles. The molecule has 0 heterocycles. The summed E-state index contributed by atoms with van der Waals surface area (Å²) in [6, 6.07) is 24.0. The van der Waals surface area contributed by atoms with E-state index in [0.717, 1.165) is 22.4 Å². The van der Waals surface area contributed by atoms with Gasteiger partial charge in [0.25, 0.3) is 0 Å².